The number of hydrogen-bond donors (Lipinski definition) is 4. The Morgan fingerprint density at radius 3 is 2.85 bits per heavy atom. The van der Waals surface area contributed by atoms with Crippen LogP contribution in [0.4, 0.5) is 0 Å². The molecule has 34 heavy (non-hydrogen) atoms. The number of phenolic OH excluding ortho intramolecular Hbond substituents is 1. The first-order valence-corrected chi connectivity index (χ1v) is 11.8. The Bertz CT molecular complexity index is 1200. The number of thiocarbonyl (C=S) groups is 1. The number of aromatic hydroxyl groups is 1. The summed E-state index contributed by atoms with van der Waals surface area (Å²) in [7, 11) is 0. The van der Waals surface area contributed by atoms with Crippen molar-refractivity contribution in [2.45, 2.75) is 42.8 Å². The number of amides is 1. The molecule has 0 saturated heterocycles. The Hall–Kier alpha value is -3.07. The van der Waals surface area contributed by atoms with E-state index < -0.39 is 17.1 Å². The van der Waals surface area contributed by atoms with Gasteiger partial charge in [0.25, 0.3) is 5.91 Å². The van der Waals surface area contributed by atoms with Crippen molar-refractivity contribution >= 4 is 28.7 Å². The first-order chi connectivity index (χ1) is 16.4. The molecule has 0 radical (unpaired) electrons. The quantitative estimate of drug-likeness (QED) is 0.212. The lowest BCUT2D eigenvalue weighted by Gasteiger charge is -2.54. The maximum atomic E-state index is 12.6. The number of carbonyl (C=O) groups is 1. The van der Waals surface area contributed by atoms with E-state index in [1.54, 1.807) is 36.4 Å². The second-order valence-electron chi connectivity index (χ2n) is 9.03. The zero-order valence-corrected chi connectivity index (χ0v) is 19.5. The maximum absolute atomic E-state index is 12.6. The number of nitrogens with zero attached hydrogens (tertiary/aromatic N) is 1. The van der Waals surface area contributed by atoms with Gasteiger partial charge in [-0.1, -0.05) is 42.6 Å². The predicted octanol–water partition coefficient (Wildman–Crippen LogP) is 2.79. The summed E-state index contributed by atoms with van der Waals surface area (Å²) in [5.74, 6) is 0.0689. The molecule has 176 valence electrons. The molecule has 1 heterocycles. The van der Waals surface area contributed by atoms with Gasteiger partial charge in [-0.05, 0) is 49.6 Å². The lowest BCUT2D eigenvalue weighted by molar-refractivity contribution is -0.0267. The molecular weight excluding hydrogens is 450 g/mol. The Balaban J connectivity index is 1.58. The number of benzene rings is 2. The van der Waals surface area contributed by atoms with Crippen molar-refractivity contribution in [1.29, 1.82) is 0 Å². The average Bonchev–Trinajstić information content (AvgIpc) is 3.21. The Morgan fingerprint density at radius 2 is 2.09 bits per heavy atom. The molecule has 1 amide bonds. The molecule has 2 aromatic rings. The Kier molecular flexibility index (Phi) is 5.75. The molecule has 0 aromatic heterocycles. The number of nitrogens with one attached hydrogen (secondary N) is 2. The first kappa shape index (κ1) is 22.7. The summed E-state index contributed by atoms with van der Waals surface area (Å²) in [6.07, 6.45) is 2.83. The highest BCUT2D eigenvalue weighted by Crippen LogP contribution is 2.62. The van der Waals surface area contributed by atoms with Crippen LogP contribution in [0.25, 0.3) is 0 Å². The zero-order valence-electron chi connectivity index (χ0n) is 18.7. The van der Waals surface area contributed by atoms with Crippen LogP contribution in [0, 0.1) is 0 Å². The van der Waals surface area contributed by atoms with Crippen LogP contribution in [-0.2, 0) is 11.8 Å². The minimum atomic E-state index is -1.29. The van der Waals surface area contributed by atoms with Crippen LogP contribution in [0.2, 0.25) is 0 Å². The summed E-state index contributed by atoms with van der Waals surface area (Å²) in [5, 5.41) is 30.5. The molecular formula is C26H27N3O4S. The maximum Gasteiger partial charge on any atom is 0.271 e. The lowest BCUT2D eigenvalue weighted by atomic mass is 9.52. The molecule has 5 rings (SSSR count). The van der Waals surface area contributed by atoms with E-state index in [2.05, 4.69) is 22.4 Å². The van der Waals surface area contributed by atoms with Crippen LogP contribution in [0.1, 0.15) is 40.7 Å². The van der Waals surface area contributed by atoms with Crippen LogP contribution in [0.5, 0.6) is 11.5 Å². The third-order valence-corrected chi connectivity index (χ3v) is 7.75. The number of hydrogen-bond acceptors (Lipinski definition) is 7. The molecule has 0 bridgehead atoms. The largest absolute Gasteiger partial charge is 0.504 e. The van der Waals surface area contributed by atoms with E-state index >= 15 is 0 Å². The molecule has 3 atom stereocenters. The van der Waals surface area contributed by atoms with Crippen molar-refractivity contribution in [1.82, 2.24) is 10.7 Å². The van der Waals surface area contributed by atoms with Crippen molar-refractivity contribution < 1.29 is 19.7 Å². The van der Waals surface area contributed by atoms with Gasteiger partial charge in [0.2, 0.25) is 0 Å². The number of rotatable bonds is 7. The fourth-order valence-corrected chi connectivity index (χ4v) is 6.15. The highest BCUT2D eigenvalue weighted by Gasteiger charge is 2.69. The molecule has 1 fully saturated rings. The van der Waals surface area contributed by atoms with Gasteiger partial charge in [0.15, 0.2) is 17.6 Å². The fourth-order valence-electron chi connectivity index (χ4n) is 5.71. The van der Waals surface area contributed by atoms with Crippen molar-refractivity contribution in [3.05, 3.63) is 71.8 Å². The van der Waals surface area contributed by atoms with E-state index in [1.807, 2.05) is 12.1 Å². The van der Waals surface area contributed by atoms with Gasteiger partial charge in [-0.3, -0.25) is 4.79 Å². The molecule has 7 nitrogen and oxygen atoms in total. The summed E-state index contributed by atoms with van der Waals surface area (Å²) < 4.78 is 6.36. The van der Waals surface area contributed by atoms with Crippen molar-refractivity contribution in [3.63, 3.8) is 0 Å². The SMILES string of the molecule is C=CCNCCC12c3c4ccc(O)c3OC1C(=NNC(=O)c1ccccc1)CCC2(O)C(=S)C4. The molecule has 3 unspecified atom stereocenters. The van der Waals surface area contributed by atoms with Gasteiger partial charge in [0.1, 0.15) is 5.60 Å². The van der Waals surface area contributed by atoms with E-state index in [9.17, 15) is 15.0 Å². The Labute approximate surface area is 203 Å². The van der Waals surface area contributed by atoms with Gasteiger partial charge < -0.3 is 20.3 Å². The summed E-state index contributed by atoms with van der Waals surface area (Å²) in [5.41, 5.74) is 3.30. The van der Waals surface area contributed by atoms with Gasteiger partial charge in [0, 0.05) is 29.0 Å². The van der Waals surface area contributed by atoms with Crippen molar-refractivity contribution in [3.8, 4) is 11.5 Å². The molecule has 1 aliphatic heterocycles. The third-order valence-electron chi connectivity index (χ3n) is 7.27. The Morgan fingerprint density at radius 1 is 1.29 bits per heavy atom. The molecule has 2 aliphatic carbocycles. The van der Waals surface area contributed by atoms with E-state index in [0.717, 1.165) is 11.1 Å². The number of ether oxygens (including phenoxy) is 1. The summed E-state index contributed by atoms with van der Waals surface area (Å²) >= 11 is 5.77. The molecule has 8 heteroatoms. The second-order valence-corrected chi connectivity index (χ2v) is 9.52. The standard InChI is InChI=1S/C26H27N3O4S/c1-2-13-27-14-12-25-21-17-8-9-19(30)22(21)33-23(25)18(10-11-26(25,32)20(34)15-17)28-29-24(31)16-6-4-3-5-7-16/h2-9,23,27,30,32H,1,10-15H2,(H,29,31). The van der Waals surface area contributed by atoms with E-state index in [1.165, 1.54) is 0 Å². The zero-order chi connectivity index (χ0) is 23.9. The third kappa shape index (κ3) is 3.28. The predicted molar refractivity (Wildman–Crippen MR) is 134 cm³/mol. The highest BCUT2D eigenvalue weighted by atomic mass is 32.1. The topological polar surface area (TPSA) is 103 Å². The van der Waals surface area contributed by atoms with Crippen molar-refractivity contribution in [2.75, 3.05) is 13.1 Å². The van der Waals surface area contributed by atoms with E-state index in [4.69, 9.17) is 17.0 Å². The van der Waals surface area contributed by atoms with Gasteiger partial charge >= 0.3 is 0 Å². The summed E-state index contributed by atoms with van der Waals surface area (Å²) in [4.78, 5) is 13.2. The number of hydrazone groups is 1. The molecule has 2 aromatic carbocycles. The minimum Gasteiger partial charge on any atom is -0.504 e. The second kappa shape index (κ2) is 8.61. The number of aliphatic hydroxyl groups is 1. The van der Waals surface area contributed by atoms with Gasteiger partial charge in [0.05, 0.1) is 11.1 Å². The molecule has 1 saturated carbocycles. The van der Waals surface area contributed by atoms with Gasteiger partial charge in [-0.25, -0.2) is 5.43 Å². The monoisotopic (exact) mass is 477 g/mol. The van der Waals surface area contributed by atoms with Crippen LogP contribution in [0.15, 0.2) is 60.2 Å². The summed E-state index contributed by atoms with van der Waals surface area (Å²) in [6, 6.07) is 12.3. The molecule has 3 aliphatic rings. The van der Waals surface area contributed by atoms with Crippen LogP contribution in [-0.4, -0.2) is 51.5 Å². The smallest absolute Gasteiger partial charge is 0.271 e. The van der Waals surface area contributed by atoms with Gasteiger partial charge in [-0.15, -0.1) is 6.58 Å². The first-order valence-electron chi connectivity index (χ1n) is 11.4. The molecule has 0 spiro atoms. The lowest BCUT2D eigenvalue weighted by Crippen LogP contribution is -2.69. The molecule has 4 N–H and O–H groups in total. The number of carbonyl (C=O) groups excluding carboxylic acids is 1. The minimum absolute atomic E-state index is 0.0226. The van der Waals surface area contributed by atoms with Crippen LogP contribution in [0.3, 0.4) is 0 Å². The number of phenols is 1. The van der Waals surface area contributed by atoms with E-state index in [0.29, 0.717) is 60.7 Å². The van der Waals surface area contributed by atoms with Crippen LogP contribution < -0.4 is 15.5 Å². The van der Waals surface area contributed by atoms with Crippen molar-refractivity contribution in [2.24, 2.45) is 5.10 Å². The van der Waals surface area contributed by atoms with Gasteiger partial charge in [-0.2, -0.15) is 5.10 Å². The average molecular weight is 478 g/mol. The fraction of sp³-hybridized carbons (Fsp3) is 0.346. The van der Waals surface area contributed by atoms with Crippen LogP contribution >= 0.6 is 12.2 Å². The van der Waals surface area contributed by atoms with E-state index in [-0.39, 0.29) is 11.7 Å². The summed E-state index contributed by atoms with van der Waals surface area (Å²) in [6.45, 7) is 4.95. The normalized spacial score (nSPS) is 27.7. The highest BCUT2D eigenvalue weighted by molar-refractivity contribution is 7.80.